The van der Waals surface area contributed by atoms with Gasteiger partial charge in [-0.05, 0) is 66.2 Å². The fourth-order valence-corrected chi connectivity index (χ4v) is 1.68. The first-order chi connectivity index (χ1) is 7.33. The summed E-state index contributed by atoms with van der Waals surface area (Å²) in [6.45, 7) is 4.28. The van der Waals surface area contributed by atoms with Gasteiger partial charge >= 0.3 is 0 Å². The van der Waals surface area contributed by atoms with Crippen LogP contribution < -0.4 is 5.32 Å². The molecule has 0 saturated heterocycles. The van der Waals surface area contributed by atoms with E-state index in [4.69, 9.17) is 0 Å². The Morgan fingerprint density at radius 1 is 1.20 bits per heavy atom. The van der Waals surface area contributed by atoms with E-state index in [0.29, 0.717) is 0 Å². The Hall–Kier alpha value is -0.350. The number of allylic oxidation sites excluding steroid dienone is 1. The van der Waals surface area contributed by atoms with Crippen molar-refractivity contribution in [1.29, 1.82) is 0 Å². The van der Waals surface area contributed by atoms with Gasteiger partial charge in [0.05, 0.1) is 0 Å². The predicted octanol–water partition coefficient (Wildman–Crippen LogP) is 3.39. The second kappa shape index (κ2) is 7.88. The molecule has 0 saturated carbocycles. The first kappa shape index (κ1) is 12.7. The topological polar surface area (TPSA) is 12.0 Å². The molecule has 1 rings (SSSR count). The molecular formula is C13H18IN. The lowest BCUT2D eigenvalue weighted by Crippen LogP contribution is -2.12. The summed E-state index contributed by atoms with van der Waals surface area (Å²) < 4.78 is 1.30. The second-order valence-electron chi connectivity index (χ2n) is 3.44. The molecule has 0 aromatic heterocycles. The lowest BCUT2D eigenvalue weighted by Gasteiger charge is -1.97. The molecule has 0 unspecified atom stereocenters. The molecule has 1 nitrogen and oxygen atoms in total. The third-order valence-corrected chi connectivity index (χ3v) is 2.89. The van der Waals surface area contributed by atoms with Crippen LogP contribution in [0, 0.1) is 3.57 Å². The molecule has 0 fully saturated rings. The molecule has 0 aliphatic rings. The highest BCUT2D eigenvalue weighted by molar-refractivity contribution is 14.1. The highest BCUT2D eigenvalue weighted by atomic mass is 127. The Bertz CT molecular complexity index is 290. The maximum atomic E-state index is 3.30. The van der Waals surface area contributed by atoms with Crippen LogP contribution in [0.1, 0.15) is 18.9 Å². The average Bonchev–Trinajstić information content (AvgIpc) is 2.26. The molecule has 15 heavy (non-hydrogen) atoms. The van der Waals surface area contributed by atoms with Crippen molar-refractivity contribution < 1.29 is 0 Å². The van der Waals surface area contributed by atoms with E-state index in [1.807, 2.05) is 0 Å². The first-order valence-corrected chi connectivity index (χ1v) is 6.51. The van der Waals surface area contributed by atoms with Gasteiger partial charge < -0.3 is 5.32 Å². The van der Waals surface area contributed by atoms with E-state index in [1.165, 1.54) is 9.13 Å². The molecule has 0 spiro atoms. The van der Waals surface area contributed by atoms with Crippen LogP contribution in [0.3, 0.4) is 0 Å². The Morgan fingerprint density at radius 2 is 1.93 bits per heavy atom. The van der Waals surface area contributed by atoms with Gasteiger partial charge in [0.25, 0.3) is 0 Å². The summed E-state index contributed by atoms with van der Waals surface area (Å²) in [4.78, 5) is 0. The zero-order valence-electron chi connectivity index (χ0n) is 9.17. The second-order valence-corrected chi connectivity index (χ2v) is 4.69. The molecule has 0 radical (unpaired) electrons. The zero-order valence-corrected chi connectivity index (χ0v) is 11.3. The van der Waals surface area contributed by atoms with Crippen molar-refractivity contribution in [3.63, 3.8) is 0 Å². The van der Waals surface area contributed by atoms with Gasteiger partial charge in [-0.1, -0.05) is 31.2 Å². The summed E-state index contributed by atoms with van der Waals surface area (Å²) in [7, 11) is 0. The van der Waals surface area contributed by atoms with Gasteiger partial charge in [-0.3, -0.25) is 0 Å². The van der Waals surface area contributed by atoms with Crippen LogP contribution >= 0.6 is 22.6 Å². The van der Waals surface area contributed by atoms with E-state index in [0.717, 1.165) is 25.9 Å². The van der Waals surface area contributed by atoms with Crippen molar-refractivity contribution in [1.82, 2.24) is 5.32 Å². The number of hydrogen-bond donors (Lipinski definition) is 1. The maximum Gasteiger partial charge on any atom is 0.0130 e. The van der Waals surface area contributed by atoms with E-state index >= 15 is 0 Å². The zero-order chi connectivity index (χ0) is 10.9. The summed E-state index contributed by atoms with van der Waals surface area (Å²) in [6.07, 6.45) is 6.67. The van der Waals surface area contributed by atoms with E-state index in [1.54, 1.807) is 0 Å². The molecule has 0 heterocycles. The minimum absolute atomic E-state index is 1.04. The monoisotopic (exact) mass is 315 g/mol. The molecule has 2 heteroatoms. The van der Waals surface area contributed by atoms with Crippen molar-refractivity contribution in [2.75, 3.05) is 13.1 Å². The summed E-state index contributed by atoms with van der Waals surface area (Å²) in [6, 6.07) is 8.69. The smallest absolute Gasteiger partial charge is 0.0130 e. The summed E-state index contributed by atoms with van der Waals surface area (Å²) in [5.74, 6) is 0. The Morgan fingerprint density at radius 3 is 2.60 bits per heavy atom. The lowest BCUT2D eigenvalue weighted by atomic mass is 10.1. The normalized spacial score (nSPS) is 11.1. The van der Waals surface area contributed by atoms with Crippen LogP contribution in [-0.4, -0.2) is 13.1 Å². The van der Waals surface area contributed by atoms with Gasteiger partial charge in [0.1, 0.15) is 0 Å². The number of hydrogen-bond acceptors (Lipinski definition) is 1. The van der Waals surface area contributed by atoms with Crippen LogP contribution in [0.4, 0.5) is 0 Å². The molecule has 0 bridgehead atoms. The minimum Gasteiger partial charge on any atom is -0.317 e. The van der Waals surface area contributed by atoms with Gasteiger partial charge in [-0.2, -0.15) is 0 Å². The van der Waals surface area contributed by atoms with E-state index in [9.17, 15) is 0 Å². The molecule has 0 aliphatic heterocycles. The molecule has 1 N–H and O–H groups in total. The lowest BCUT2D eigenvalue weighted by molar-refractivity contribution is 0.726. The molecular weight excluding hydrogens is 297 g/mol. The van der Waals surface area contributed by atoms with Gasteiger partial charge in [-0.15, -0.1) is 0 Å². The SMILES string of the molecule is CCNCCC=CCc1ccc(I)cc1. The first-order valence-electron chi connectivity index (χ1n) is 5.43. The van der Waals surface area contributed by atoms with Crippen molar-refractivity contribution in [3.05, 3.63) is 45.6 Å². The maximum absolute atomic E-state index is 3.30. The third kappa shape index (κ3) is 5.95. The Balaban J connectivity index is 2.22. The van der Waals surface area contributed by atoms with Gasteiger partial charge in [-0.25, -0.2) is 0 Å². The van der Waals surface area contributed by atoms with E-state index in [-0.39, 0.29) is 0 Å². The summed E-state index contributed by atoms with van der Waals surface area (Å²) in [5, 5.41) is 3.30. The fraction of sp³-hybridized carbons (Fsp3) is 0.385. The van der Waals surface area contributed by atoms with Crippen LogP contribution in [0.2, 0.25) is 0 Å². The van der Waals surface area contributed by atoms with E-state index in [2.05, 4.69) is 71.2 Å². The number of benzene rings is 1. The van der Waals surface area contributed by atoms with Crippen molar-refractivity contribution in [2.45, 2.75) is 19.8 Å². The number of halogens is 1. The Labute approximate surface area is 106 Å². The van der Waals surface area contributed by atoms with Gasteiger partial charge in [0.15, 0.2) is 0 Å². The molecule has 1 aromatic carbocycles. The van der Waals surface area contributed by atoms with Crippen LogP contribution in [0.5, 0.6) is 0 Å². The predicted molar refractivity (Wildman–Crippen MR) is 75.2 cm³/mol. The highest BCUT2D eigenvalue weighted by Gasteiger charge is 1.89. The molecule has 82 valence electrons. The van der Waals surface area contributed by atoms with Crippen LogP contribution in [-0.2, 0) is 6.42 Å². The third-order valence-electron chi connectivity index (χ3n) is 2.17. The highest BCUT2D eigenvalue weighted by Crippen LogP contribution is 2.07. The van der Waals surface area contributed by atoms with Gasteiger partial charge in [0, 0.05) is 3.57 Å². The minimum atomic E-state index is 1.04. The largest absolute Gasteiger partial charge is 0.317 e. The van der Waals surface area contributed by atoms with E-state index < -0.39 is 0 Å². The van der Waals surface area contributed by atoms with Crippen molar-refractivity contribution in [3.8, 4) is 0 Å². The van der Waals surface area contributed by atoms with Crippen molar-refractivity contribution in [2.24, 2.45) is 0 Å². The number of nitrogens with one attached hydrogen (secondary N) is 1. The Kier molecular flexibility index (Phi) is 6.68. The molecule has 0 amide bonds. The molecule has 1 aromatic rings. The summed E-state index contributed by atoms with van der Waals surface area (Å²) >= 11 is 2.33. The van der Waals surface area contributed by atoms with Crippen LogP contribution in [0.25, 0.3) is 0 Å². The van der Waals surface area contributed by atoms with Crippen molar-refractivity contribution >= 4 is 22.6 Å². The standard InChI is InChI=1S/C13H18IN/c1-2-15-11-5-3-4-6-12-7-9-13(14)10-8-12/h3-4,7-10,15H,2,5-6,11H2,1H3. The van der Waals surface area contributed by atoms with Crippen LogP contribution in [0.15, 0.2) is 36.4 Å². The summed E-state index contributed by atoms with van der Waals surface area (Å²) in [5.41, 5.74) is 1.38. The number of rotatable bonds is 6. The molecule has 0 atom stereocenters. The molecule has 0 aliphatic carbocycles. The average molecular weight is 315 g/mol. The fourth-order valence-electron chi connectivity index (χ4n) is 1.32. The van der Waals surface area contributed by atoms with Gasteiger partial charge in [0.2, 0.25) is 0 Å². The quantitative estimate of drug-likeness (QED) is 0.482.